The smallest absolute Gasteiger partial charge is 0.164 e. The first kappa shape index (κ1) is 32.0. The fraction of sp³-hybridized carbons (Fsp3) is 0. The average Bonchev–Trinajstić information content (AvgIpc) is 3.61. The van der Waals surface area contributed by atoms with Gasteiger partial charge < -0.3 is 0 Å². The van der Waals surface area contributed by atoms with Gasteiger partial charge in [-0.05, 0) is 83.2 Å². The topological polar surface area (TPSA) is 38.7 Å². The van der Waals surface area contributed by atoms with Gasteiger partial charge in [0.1, 0.15) is 0 Å². The normalized spacial score (nSPS) is 11.6. The van der Waals surface area contributed by atoms with E-state index in [1.54, 1.807) is 0 Å². The zero-order chi connectivity index (χ0) is 37.0. The third-order valence-corrected chi connectivity index (χ3v) is 11.1. The van der Waals surface area contributed by atoms with Gasteiger partial charge >= 0.3 is 0 Å². The van der Waals surface area contributed by atoms with E-state index in [2.05, 4.69) is 140 Å². The Hall–Kier alpha value is -7.49. The van der Waals surface area contributed by atoms with Crippen LogP contribution >= 0.6 is 0 Å². The highest BCUT2D eigenvalue weighted by molar-refractivity contribution is 6.18. The summed E-state index contributed by atoms with van der Waals surface area (Å²) in [7, 11) is 0. The number of aromatic nitrogens is 3. The van der Waals surface area contributed by atoms with E-state index in [9.17, 15) is 0 Å². The quantitative estimate of drug-likeness (QED) is 0.172. The minimum absolute atomic E-state index is 0.642. The largest absolute Gasteiger partial charge is 0.208 e. The van der Waals surface area contributed by atoms with Crippen LogP contribution in [-0.4, -0.2) is 15.0 Å². The number of benzene rings is 9. The summed E-state index contributed by atoms with van der Waals surface area (Å²) in [5, 5.41) is 5.04. The number of hydrogen-bond acceptors (Lipinski definition) is 3. The first-order valence-electron chi connectivity index (χ1n) is 19.0. The number of nitrogens with zero attached hydrogens (tertiary/aromatic N) is 3. The van der Waals surface area contributed by atoms with Crippen molar-refractivity contribution in [1.82, 2.24) is 15.0 Å². The minimum atomic E-state index is 0.642. The fourth-order valence-corrected chi connectivity index (χ4v) is 8.46. The molecule has 0 saturated heterocycles. The van der Waals surface area contributed by atoms with Gasteiger partial charge in [0.05, 0.1) is 0 Å². The first-order valence-corrected chi connectivity index (χ1v) is 19.0. The van der Waals surface area contributed by atoms with Crippen LogP contribution in [0.1, 0.15) is 0 Å². The maximum Gasteiger partial charge on any atom is 0.164 e. The van der Waals surface area contributed by atoms with Crippen LogP contribution in [-0.2, 0) is 0 Å². The zero-order valence-electron chi connectivity index (χ0n) is 30.4. The van der Waals surface area contributed by atoms with Gasteiger partial charge in [-0.25, -0.2) is 15.0 Å². The third kappa shape index (κ3) is 5.32. The maximum absolute atomic E-state index is 4.98. The Morgan fingerprint density at radius 1 is 0.250 bits per heavy atom. The second-order valence-electron chi connectivity index (χ2n) is 14.3. The zero-order valence-corrected chi connectivity index (χ0v) is 30.4. The van der Waals surface area contributed by atoms with E-state index in [-0.39, 0.29) is 0 Å². The van der Waals surface area contributed by atoms with Gasteiger partial charge in [-0.3, -0.25) is 0 Å². The molecule has 0 fully saturated rings. The molecule has 3 heteroatoms. The van der Waals surface area contributed by atoms with Crippen LogP contribution in [0.5, 0.6) is 0 Å². The lowest BCUT2D eigenvalue weighted by Crippen LogP contribution is -2.00. The molecular formula is C53H33N3. The molecule has 11 rings (SSSR count). The average molecular weight is 712 g/mol. The molecule has 0 spiro atoms. The van der Waals surface area contributed by atoms with Gasteiger partial charge in [0.15, 0.2) is 17.5 Å². The summed E-state index contributed by atoms with van der Waals surface area (Å²) < 4.78 is 0. The molecule has 10 aromatic rings. The fourth-order valence-electron chi connectivity index (χ4n) is 8.46. The van der Waals surface area contributed by atoms with Crippen molar-refractivity contribution < 1.29 is 0 Å². The standard InChI is InChI=1S/C53H33N3/c1-3-14-36(15-4-1)51-54-52(37-16-5-2-6-17-37)56-53(55-51)38-27-25-35(26-28-38)49-42-20-8-7-13-34(42)29-30-43(49)40-19-11-18-39(33-40)41-31-32-48-45-22-10-9-21-44(45)47-24-12-23-46(41)50(47)48/h1-33H. The number of fused-ring (bicyclic) bond motifs is 4. The van der Waals surface area contributed by atoms with Crippen molar-refractivity contribution in [2.24, 2.45) is 0 Å². The maximum atomic E-state index is 4.98. The molecule has 1 aliphatic rings. The van der Waals surface area contributed by atoms with Crippen molar-refractivity contribution in [3.63, 3.8) is 0 Å². The summed E-state index contributed by atoms with van der Waals surface area (Å²) in [6, 6.07) is 71.2. The van der Waals surface area contributed by atoms with E-state index in [0.717, 1.165) is 22.3 Å². The highest BCUT2D eigenvalue weighted by Crippen LogP contribution is 2.49. The van der Waals surface area contributed by atoms with Crippen LogP contribution in [0.2, 0.25) is 0 Å². The molecule has 1 heterocycles. The summed E-state index contributed by atoms with van der Waals surface area (Å²) >= 11 is 0. The van der Waals surface area contributed by atoms with Gasteiger partial charge in [0.25, 0.3) is 0 Å². The second-order valence-corrected chi connectivity index (χ2v) is 14.3. The predicted molar refractivity (Wildman–Crippen MR) is 232 cm³/mol. The Labute approximate surface area is 325 Å². The molecule has 0 aliphatic heterocycles. The van der Waals surface area contributed by atoms with Gasteiger partial charge in [0.2, 0.25) is 0 Å². The molecule has 56 heavy (non-hydrogen) atoms. The third-order valence-electron chi connectivity index (χ3n) is 11.1. The van der Waals surface area contributed by atoms with E-state index in [1.165, 1.54) is 71.6 Å². The van der Waals surface area contributed by atoms with Crippen LogP contribution < -0.4 is 0 Å². The molecule has 0 radical (unpaired) electrons. The van der Waals surface area contributed by atoms with Crippen molar-refractivity contribution in [2.75, 3.05) is 0 Å². The molecule has 0 bridgehead atoms. The lowest BCUT2D eigenvalue weighted by atomic mass is 9.87. The van der Waals surface area contributed by atoms with E-state index < -0.39 is 0 Å². The molecule has 0 atom stereocenters. The summed E-state index contributed by atoms with van der Waals surface area (Å²) in [5.41, 5.74) is 15.3. The van der Waals surface area contributed by atoms with Gasteiger partial charge in [-0.1, -0.05) is 194 Å². The molecule has 0 amide bonds. The molecule has 1 aliphatic carbocycles. The molecule has 0 N–H and O–H groups in total. The molecule has 3 nitrogen and oxygen atoms in total. The Bertz CT molecular complexity index is 3030. The van der Waals surface area contributed by atoms with Crippen molar-refractivity contribution in [1.29, 1.82) is 0 Å². The van der Waals surface area contributed by atoms with E-state index in [1.807, 2.05) is 60.7 Å². The van der Waals surface area contributed by atoms with Gasteiger partial charge in [-0.2, -0.15) is 0 Å². The van der Waals surface area contributed by atoms with Gasteiger partial charge in [0, 0.05) is 16.7 Å². The molecule has 260 valence electrons. The summed E-state index contributed by atoms with van der Waals surface area (Å²) in [4.78, 5) is 14.9. The molecule has 0 saturated carbocycles. The van der Waals surface area contributed by atoms with Crippen LogP contribution in [0.15, 0.2) is 200 Å². The Morgan fingerprint density at radius 3 is 1.38 bits per heavy atom. The SMILES string of the molecule is c1ccc(-c2nc(-c3ccccc3)nc(-c3ccc(-c4c(-c5cccc(-c6ccc7c8c(cccc68)-c6ccccc6-7)c5)ccc5ccccc45)cc3)n2)cc1. The lowest BCUT2D eigenvalue weighted by molar-refractivity contribution is 1.07. The summed E-state index contributed by atoms with van der Waals surface area (Å²) in [6.45, 7) is 0. The Morgan fingerprint density at radius 2 is 0.696 bits per heavy atom. The summed E-state index contributed by atoms with van der Waals surface area (Å²) in [5.74, 6) is 1.95. The van der Waals surface area contributed by atoms with Crippen molar-refractivity contribution in [3.05, 3.63) is 200 Å². The first-order chi connectivity index (χ1) is 27.8. The molecular weight excluding hydrogens is 679 g/mol. The molecule has 0 unspecified atom stereocenters. The molecule has 1 aromatic heterocycles. The van der Waals surface area contributed by atoms with Crippen molar-refractivity contribution in [2.45, 2.75) is 0 Å². The highest BCUT2D eigenvalue weighted by Gasteiger charge is 2.22. The lowest BCUT2D eigenvalue weighted by Gasteiger charge is -2.16. The molecule has 9 aromatic carbocycles. The highest BCUT2D eigenvalue weighted by atomic mass is 15.0. The van der Waals surface area contributed by atoms with Crippen LogP contribution in [0.4, 0.5) is 0 Å². The van der Waals surface area contributed by atoms with Crippen LogP contribution in [0, 0.1) is 0 Å². The minimum Gasteiger partial charge on any atom is -0.208 e. The Balaban J connectivity index is 1.03. The monoisotopic (exact) mass is 711 g/mol. The predicted octanol–water partition coefficient (Wildman–Crippen LogP) is 13.8. The van der Waals surface area contributed by atoms with Crippen LogP contribution in [0.3, 0.4) is 0 Å². The summed E-state index contributed by atoms with van der Waals surface area (Å²) in [6.07, 6.45) is 0. The van der Waals surface area contributed by atoms with E-state index >= 15 is 0 Å². The van der Waals surface area contributed by atoms with E-state index in [0.29, 0.717) is 17.5 Å². The van der Waals surface area contributed by atoms with Crippen molar-refractivity contribution >= 4 is 21.5 Å². The number of hydrogen-bond donors (Lipinski definition) is 0. The Kier molecular flexibility index (Phi) is 7.49. The second kappa shape index (κ2) is 13.1. The van der Waals surface area contributed by atoms with Crippen molar-refractivity contribution in [3.8, 4) is 89.8 Å². The van der Waals surface area contributed by atoms with E-state index in [4.69, 9.17) is 15.0 Å². The van der Waals surface area contributed by atoms with Gasteiger partial charge in [-0.15, -0.1) is 0 Å². The van der Waals surface area contributed by atoms with Crippen LogP contribution in [0.25, 0.3) is 111 Å². The number of rotatable bonds is 6.